The zero-order valence-corrected chi connectivity index (χ0v) is 19.1. The number of carbonyl (C=O) groups is 1. The Morgan fingerprint density at radius 2 is 1.50 bits per heavy atom. The predicted molar refractivity (Wildman–Crippen MR) is 124 cm³/mol. The van der Waals surface area contributed by atoms with Gasteiger partial charge in [-0.2, -0.15) is 0 Å². The van der Waals surface area contributed by atoms with Crippen LogP contribution in [0, 0.1) is 0 Å². The van der Waals surface area contributed by atoms with Crippen molar-refractivity contribution in [1.82, 2.24) is 0 Å². The maximum absolute atomic E-state index is 13.3. The third kappa shape index (κ3) is 4.61. The maximum atomic E-state index is 13.3. The average Bonchev–Trinajstić information content (AvgIpc) is 3.06. The molecule has 4 rings (SSSR count). The van der Waals surface area contributed by atoms with Crippen molar-refractivity contribution in [3.8, 4) is 5.75 Å². The number of nitrogens with zero attached hydrogens (tertiary/aromatic N) is 2. The van der Waals surface area contributed by atoms with Gasteiger partial charge in [-0.3, -0.25) is 0 Å². The van der Waals surface area contributed by atoms with Crippen LogP contribution in [-0.4, -0.2) is 32.7 Å². The van der Waals surface area contributed by atoms with E-state index in [1.165, 1.54) is 0 Å². The molecule has 1 aliphatic heterocycles. The molecule has 0 radical (unpaired) electrons. The minimum atomic E-state index is -0.185. The second kappa shape index (κ2) is 9.07. The first-order chi connectivity index (χ1) is 14.5. The molecule has 0 atom stereocenters. The Kier molecular flexibility index (Phi) is 6.26. The molecule has 0 spiro atoms. The molecular formula is C23H16Cl2N2O2Se. The number of hydrogen-bond acceptors (Lipinski definition) is 3. The summed E-state index contributed by atoms with van der Waals surface area (Å²) in [5.74, 6) is 0.560. The fraction of sp³-hybridized carbons (Fsp3) is 0.0435. The summed E-state index contributed by atoms with van der Waals surface area (Å²) in [5, 5.41) is 1.32. The van der Waals surface area contributed by atoms with E-state index in [-0.39, 0.29) is 20.9 Å². The van der Waals surface area contributed by atoms with Crippen LogP contribution in [0.4, 0.5) is 5.69 Å². The van der Waals surface area contributed by atoms with Gasteiger partial charge in [-0.1, -0.05) is 0 Å². The Labute approximate surface area is 190 Å². The van der Waals surface area contributed by atoms with Gasteiger partial charge >= 0.3 is 191 Å². The molecule has 30 heavy (non-hydrogen) atoms. The van der Waals surface area contributed by atoms with Crippen LogP contribution in [0.2, 0.25) is 10.0 Å². The van der Waals surface area contributed by atoms with Crippen molar-refractivity contribution >= 4 is 65.0 Å². The third-order valence-electron chi connectivity index (χ3n) is 4.36. The van der Waals surface area contributed by atoms with Crippen molar-refractivity contribution in [3.05, 3.63) is 94.1 Å². The normalized spacial score (nSPS) is 14.9. The van der Waals surface area contributed by atoms with E-state index in [2.05, 4.69) is 4.99 Å². The van der Waals surface area contributed by atoms with E-state index < -0.39 is 0 Å². The first kappa shape index (κ1) is 20.7. The quantitative estimate of drug-likeness (QED) is 0.373. The Morgan fingerprint density at radius 1 is 0.900 bits per heavy atom. The summed E-state index contributed by atoms with van der Waals surface area (Å²) >= 11 is 11.8. The van der Waals surface area contributed by atoms with Gasteiger partial charge in [0.2, 0.25) is 0 Å². The Hall–Kier alpha value is -2.56. The van der Waals surface area contributed by atoms with Crippen molar-refractivity contribution in [2.75, 3.05) is 12.0 Å². The number of anilines is 1. The van der Waals surface area contributed by atoms with E-state index in [0.717, 1.165) is 21.5 Å². The van der Waals surface area contributed by atoms with Crippen LogP contribution >= 0.6 is 23.2 Å². The standard InChI is InChI=1S/C23H16Cl2N2O2Se/c1-29-19-10-8-18(9-11-19)27-22(28)21(14-15-2-4-16(24)5-3-15)26-23(27)30-20-12-6-17(25)7-13-20/h2-14H,1H3/b21-14-. The van der Waals surface area contributed by atoms with E-state index >= 15 is 0 Å². The SMILES string of the molecule is COc1ccc(N2C(=O)/C(=C/c3ccc(Cl)cc3)N=C2[Se]c2ccc(Cl)cc2)cc1. The summed E-state index contributed by atoms with van der Waals surface area (Å²) in [6.45, 7) is 0. The van der Waals surface area contributed by atoms with Gasteiger partial charge in [0.1, 0.15) is 0 Å². The molecule has 7 heteroatoms. The molecule has 0 unspecified atom stereocenters. The van der Waals surface area contributed by atoms with E-state index in [0.29, 0.717) is 20.5 Å². The predicted octanol–water partition coefficient (Wildman–Crippen LogP) is 4.78. The van der Waals surface area contributed by atoms with Gasteiger partial charge in [-0.25, -0.2) is 0 Å². The van der Waals surface area contributed by atoms with E-state index in [4.69, 9.17) is 27.9 Å². The van der Waals surface area contributed by atoms with Gasteiger partial charge in [-0.05, 0) is 0 Å². The molecular weight excluding hydrogens is 486 g/mol. The summed E-state index contributed by atoms with van der Waals surface area (Å²) in [4.78, 5) is 19.6. The zero-order valence-electron chi connectivity index (χ0n) is 15.9. The van der Waals surface area contributed by atoms with Crippen LogP contribution in [0.3, 0.4) is 0 Å². The van der Waals surface area contributed by atoms with E-state index in [9.17, 15) is 4.79 Å². The van der Waals surface area contributed by atoms with Gasteiger partial charge in [0.15, 0.2) is 0 Å². The Bertz CT molecular complexity index is 1130. The third-order valence-corrected chi connectivity index (χ3v) is 6.88. The monoisotopic (exact) mass is 502 g/mol. The molecule has 0 saturated carbocycles. The minimum absolute atomic E-state index is 0.166. The molecule has 0 fully saturated rings. The molecule has 0 aromatic heterocycles. The van der Waals surface area contributed by atoms with Crippen LogP contribution in [0.1, 0.15) is 5.56 Å². The van der Waals surface area contributed by atoms with Gasteiger partial charge < -0.3 is 0 Å². The average molecular weight is 502 g/mol. The number of halogens is 2. The van der Waals surface area contributed by atoms with Crippen molar-refractivity contribution in [1.29, 1.82) is 0 Å². The molecule has 0 N–H and O–H groups in total. The summed E-state index contributed by atoms with van der Waals surface area (Å²) in [5.41, 5.74) is 2.00. The number of rotatable bonds is 5. The summed E-state index contributed by atoms with van der Waals surface area (Å²) in [6, 6.07) is 22.3. The van der Waals surface area contributed by atoms with Crippen molar-refractivity contribution in [3.63, 3.8) is 0 Å². The number of carbonyl (C=O) groups excluding carboxylic acids is 1. The molecule has 1 aliphatic rings. The second-order valence-electron chi connectivity index (χ2n) is 6.37. The van der Waals surface area contributed by atoms with Crippen LogP contribution in [0.25, 0.3) is 6.08 Å². The van der Waals surface area contributed by atoms with Crippen LogP contribution in [0.5, 0.6) is 5.75 Å². The fourth-order valence-corrected chi connectivity index (χ4v) is 5.00. The van der Waals surface area contributed by atoms with Gasteiger partial charge in [0, 0.05) is 0 Å². The van der Waals surface area contributed by atoms with Crippen molar-refractivity contribution in [2.45, 2.75) is 0 Å². The van der Waals surface area contributed by atoms with Gasteiger partial charge in [-0.15, -0.1) is 0 Å². The number of benzene rings is 3. The van der Waals surface area contributed by atoms with Crippen LogP contribution in [-0.2, 0) is 4.79 Å². The Morgan fingerprint density at radius 3 is 2.10 bits per heavy atom. The Balaban J connectivity index is 1.72. The first-order valence-corrected chi connectivity index (χ1v) is 11.5. The van der Waals surface area contributed by atoms with Gasteiger partial charge in [0.25, 0.3) is 0 Å². The first-order valence-electron chi connectivity index (χ1n) is 9.01. The zero-order chi connectivity index (χ0) is 21.1. The van der Waals surface area contributed by atoms with Gasteiger partial charge in [0.05, 0.1) is 0 Å². The molecule has 1 heterocycles. The molecule has 3 aromatic rings. The number of methoxy groups -OCH3 is 1. The molecule has 1 amide bonds. The summed E-state index contributed by atoms with van der Waals surface area (Å²) in [7, 11) is 1.61. The molecule has 0 bridgehead atoms. The molecule has 0 saturated heterocycles. The second-order valence-corrected chi connectivity index (χ2v) is 9.43. The molecule has 4 nitrogen and oxygen atoms in total. The number of amidine groups is 1. The van der Waals surface area contributed by atoms with Crippen LogP contribution < -0.4 is 14.1 Å². The van der Waals surface area contributed by atoms with E-state index in [1.54, 1.807) is 30.2 Å². The van der Waals surface area contributed by atoms with Crippen molar-refractivity contribution in [2.24, 2.45) is 4.99 Å². The number of amides is 1. The number of ether oxygens (including phenoxy) is 1. The molecule has 150 valence electrons. The van der Waals surface area contributed by atoms with Crippen molar-refractivity contribution < 1.29 is 9.53 Å². The fourth-order valence-electron chi connectivity index (χ4n) is 2.85. The topological polar surface area (TPSA) is 41.9 Å². The molecule has 3 aromatic carbocycles. The summed E-state index contributed by atoms with van der Waals surface area (Å²) < 4.78 is 7.02. The number of hydrogen-bond donors (Lipinski definition) is 0. The number of aliphatic imine (C=N–C) groups is 1. The summed E-state index contributed by atoms with van der Waals surface area (Å²) in [6.07, 6.45) is 1.78. The molecule has 0 aliphatic carbocycles. The van der Waals surface area contributed by atoms with E-state index in [1.807, 2.05) is 60.7 Å². The van der Waals surface area contributed by atoms with Crippen LogP contribution in [0.15, 0.2) is 83.5 Å².